The van der Waals surface area contributed by atoms with E-state index >= 15 is 0 Å². The third kappa shape index (κ3) is 11.9. The summed E-state index contributed by atoms with van der Waals surface area (Å²) in [6.45, 7) is 4.22. The second kappa shape index (κ2) is 10.9. The van der Waals surface area contributed by atoms with Crippen molar-refractivity contribution in [1.29, 1.82) is 0 Å². The molecule has 14 heavy (non-hydrogen) atoms. The third-order valence-electron chi connectivity index (χ3n) is 1.04. The molecule has 0 aromatic carbocycles. The number of carboxylic acid groups (broad SMARTS) is 1. The van der Waals surface area contributed by atoms with E-state index in [0.29, 0.717) is 13.1 Å². The molecule has 5 nitrogen and oxygen atoms in total. The van der Waals surface area contributed by atoms with Crippen molar-refractivity contribution in [2.75, 3.05) is 13.1 Å². The Kier molecular flexibility index (Phi) is 12.7. The molecule has 0 aliphatic carbocycles. The third-order valence-corrected chi connectivity index (χ3v) is 1.04. The minimum Gasteiger partial charge on any atom is -0.859 e. The summed E-state index contributed by atoms with van der Waals surface area (Å²) >= 11 is 0. The summed E-state index contributed by atoms with van der Waals surface area (Å²) in [5.41, 5.74) is 0. The zero-order valence-electron chi connectivity index (χ0n) is 8.06. The standard InChI is InChI=1S/C8H12N2O3.K/c1-2-9-5-6-10-7(11)3-4-8(12)13;/h2-4,9H,1,5-6H2,(H,10,11)(H,12,13);/q;+1/p-1/b4-3+;. The van der Waals surface area contributed by atoms with E-state index in [0.717, 1.165) is 12.2 Å². The van der Waals surface area contributed by atoms with Crippen LogP contribution in [0.1, 0.15) is 0 Å². The Labute approximate surface area is 125 Å². The smallest absolute Gasteiger partial charge is 0.859 e. The van der Waals surface area contributed by atoms with Crippen LogP contribution in [-0.4, -0.2) is 30.1 Å². The van der Waals surface area contributed by atoms with E-state index in [1.54, 1.807) is 0 Å². The van der Waals surface area contributed by atoms with Crippen molar-refractivity contribution in [3.05, 3.63) is 24.9 Å². The Morgan fingerprint density at radius 3 is 2.71 bits per heavy atom. The van der Waals surface area contributed by atoms with Crippen molar-refractivity contribution in [1.82, 2.24) is 5.32 Å². The van der Waals surface area contributed by atoms with Gasteiger partial charge in [0.15, 0.2) is 0 Å². The molecular formula is C8H11KN2O3. The van der Waals surface area contributed by atoms with Crippen LogP contribution >= 0.6 is 0 Å². The zero-order valence-corrected chi connectivity index (χ0v) is 11.2. The molecule has 0 aromatic heterocycles. The van der Waals surface area contributed by atoms with Gasteiger partial charge in [0, 0.05) is 12.6 Å². The fourth-order valence-electron chi connectivity index (χ4n) is 0.528. The summed E-state index contributed by atoms with van der Waals surface area (Å²) in [6.07, 6.45) is 3.16. The van der Waals surface area contributed by atoms with E-state index < -0.39 is 11.9 Å². The molecule has 6 heteroatoms. The maximum atomic E-state index is 10.7. The molecule has 0 saturated heterocycles. The molecule has 0 rings (SSSR count). The minimum atomic E-state index is -1.16. The molecule has 0 aromatic rings. The Bertz CT molecular complexity index is 239. The van der Waals surface area contributed by atoms with Crippen LogP contribution in [0.3, 0.4) is 0 Å². The van der Waals surface area contributed by atoms with Crippen molar-refractivity contribution in [2.45, 2.75) is 0 Å². The number of aliphatic carboxylic acids is 1. The number of carbonyl (C=O) groups is 1. The van der Waals surface area contributed by atoms with Gasteiger partial charge in [0.25, 0.3) is 0 Å². The Morgan fingerprint density at radius 2 is 2.21 bits per heavy atom. The van der Waals surface area contributed by atoms with Gasteiger partial charge in [0.05, 0.1) is 6.54 Å². The normalized spacial score (nSPS) is 10.7. The number of carboxylic acids is 1. The quantitative estimate of drug-likeness (QED) is 0.158. The number of hydrogen-bond donors (Lipinski definition) is 2. The molecule has 0 heterocycles. The van der Waals surface area contributed by atoms with E-state index in [1.165, 1.54) is 6.20 Å². The summed E-state index contributed by atoms with van der Waals surface area (Å²) in [5.74, 6) is -1.71. The average Bonchev–Trinajstić information content (AvgIpc) is 2.09. The number of hydrogen-bond acceptors (Lipinski definition) is 4. The summed E-state index contributed by atoms with van der Waals surface area (Å²) < 4.78 is 0. The molecule has 0 aliphatic heterocycles. The van der Waals surface area contributed by atoms with Gasteiger partial charge in [0.1, 0.15) is 0 Å². The molecule has 72 valence electrons. The predicted octanol–water partition coefficient (Wildman–Crippen LogP) is -3.88. The molecule has 0 fully saturated rings. The van der Waals surface area contributed by atoms with Crippen molar-refractivity contribution in [3.63, 3.8) is 0 Å². The average molecular weight is 222 g/mol. The van der Waals surface area contributed by atoms with Crippen LogP contribution in [0, 0.1) is 0 Å². The van der Waals surface area contributed by atoms with E-state index in [4.69, 9.17) is 5.11 Å². The van der Waals surface area contributed by atoms with Gasteiger partial charge in [-0.1, -0.05) is 6.58 Å². The summed E-state index contributed by atoms with van der Waals surface area (Å²) in [7, 11) is 0. The second-order valence-corrected chi connectivity index (χ2v) is 2.05. The summed E-state index contributed by atoms with van der Waals surface area (Å²) in [6, 6.07) is 0. The maximum absolute atomic E-state index is 10.7. The Hall–Kier alpha value is -0.144. The van der Waals surface area contributed by atoms with E-state index in [9.17, 15) is 9.90 Å². The summed E-state index contributed by atoms with van der Waals surface area (Å²) in [5, 5.41) is 21.7. The Balaban J connectivity index is 0. The first-order valence-electron chi connectivity index (χ1n) is 3.63. The van der Waals surface area contributed by atoms with Crippen LogP contribution < -0.4 is 61.8 Å². The first-order valence-corrected chi connectivity index (χ1v) is 3.63. The maximum Gasteiger partial charge on any atom is 1.00 e. The van der Waals surface area contributed by atoms with Gasteiger partial charge < -0.3 is 15.5 Å². The predicted molar refractivity (Wildman–Crippen MR) is 47.3 cm³/mol. The van der Waals surface area contributed by atoms with Crippen LogP contribution in [0.4, 0.5) is 0 Å². The van der Waals surface area contributed by atoms with E-state index in [-0.39, 0.29) is 51.4 Å². The molecule has 0 saturated carbocycles. The van der Waals surface area contributed by atoms with Gasteiger partial charge in [-0.2, -0.15) is 0 Å². The molecule has 0 amide bonds. The van der Waals surface area contributed by atoms with Crippen LogP contribution in [-0.2, 0) is 4.79 Å². The molecule has 0 atom stereocenters. The molecule has 0 unspecified atom stereocenters. The number of rotatable bonds is 6. The number of nitrogens with zero attached hydrogens (tertiary/aromatic N) is 1. The minimum absolute atomic E-state index is 0. The van der Waals surface area contributed by atoms with Crippen LogP contribution in [0.5, 0.6) is 0 Å². The SMILES string of the molecule is C=CNCCN=C([O-])/C=C/C(=O)O.[K+]. The van der Waals surface area contributed by atoms with Crippen molar-refractivity contribution >= 4 is 11.9 Å². The zero-order chi connectivity index (χ0) is 10.1. The van der Waals surface area contributed by atoms with E-state index in [2.05, 4.69) is 16.9 Å². The van der Waals surface area contributed by atoms with Crippen LogP contribution in [0.25, 0.3) is 0 Å². The van der Waals surface area contributed by atoms with Gasteiger partial charge in [-0.15, -0.1) is 0 Å². The van der Waals surface area contributed by atoms with Gasteiger partial charge in [-0.25, -0.2) is 4.79 Å². The summed E-state index contributed by atoms with van der Waals surface area (Å²) in [4.78, 5) is 13.5. The van der Waals surface area contributed by atoms with E-state index in [1.807, 2.05) is 0 Å². The first kappa shape index (κ1) is 16.3. The molecule has 0 aliphatic rings. The van der Waals surface area contributed by atoms with Crippen molar-refractivity contribution in [2.24, 2.45) is 4.99 Å². The molecular weight excluding hydrogens is 211 g/mol. The van der Waals surface area contributed by atoms with Gasteiger partial charge in [0.2, 0.25) is 0 Å². The van der Waals surface area contributed by atoms with Gasteiger partial charge >= 0.3 is 57.4 Å². The molecule has 0 radical (unpaired) electrons. The molecule has 0 spiro atoms. The van der Waals surface area contributed by atoms with Crippen LogP contribution in [0.2, 0.25) is 0 Å². The first-order chi connectivity index (χ1) is 6.16. The van der Waals surface area contributed by atoms with Gasteiger partial charge in [-0.3, -0.25) is 4.99 Å². The van der Waals surface area contributed by atoms with Gasteiger partial charge in [-0.05, 0) is 18.2 Å². The monoisotopic (exact) mass is 222 g/mol. The topological polar surface area (TPSA) is 84.8 Å². The molecule has 2 N–H and O–H groups in total. The van der Waals surface area contributed by atoms with Crippen molar-refractivity contribution in [3.8, 4) is 0 Å². The number of aliphatic imine (C=N–C) groups is 1. The largest absolute Gasteiger partial charge is 1.00 e. The Morgan fingerprint density at radius 1 is 1.57 bits per heavy atom. The van der Waals surface area contributed by atoms with Crippen LogP contribution in [0.15, 0.2) is 29.9 Å². The second-order valence-electron chi connectivity index (χ2n) is 2.05. The van der Waals surface area contributed by atoms with Crippen molar-refractivity contribution < 1.29 is 66.4 Å². The fraction of sp³-hybridized carbons (Fsp3) is 0.250. The molecule has 0 bridgehead atoms. The number of nitrogens with one attached hydrogen (secondary N) is 1. The fourth-order valence-corrected chi connectivity index (χ4v) is 0.528.